The van der Waals surface area contributed by atoms with E-state index >= 15 is 0 Å². The molecule has 0 bridgehead atoms. The number of aromatic nitrogens is 1. The standard InChI is InChI=1S/C25H18FNS/c1-16(17-6-3-2-4-7-17)18-12-13-27-23(15-18)19-10-11-24-21(14-19)20-8-5-9-22(26)25(20)28-24/h2-16H,1H3. The fourth-order valence-electron chi connectivity index (χ4n) is 3.73. The Bertz CT molecular complexity index is 1290. The second-order valence-corrected chi connectivity index (χ2v) is 8.09. The maximum Gasteiger partial charge on any atom is 0.141 e. The van der Waals surface area contributed by atoms with Crippen LogP contribution in [0.3, 0.4) is 0 Å². The van der Waals surface area contributed by atoms with Gasteiger partial charge in [0.2, 0.25) is 0 Å². The van der Waals surface area contributed by atoms with E-state index in [-0.39, 0.29) is 5.82 Å². The molecular formula is C25H18FNS. The van der Waals surface area contributed by atoms with E-state index in [0.717, 1.165) is 26.7 Å². The highest BCUT2D eigenvalue weighted by atomic mass is 32.1. The van der Waals surface area contributed by atoms with Gasteiger partial charge < -0.3 is 0 Å². The first-order chi connectivity index (χ1) is 13.7. The molecule has 3 heteroatoms. The Morgan fingerprint density at radius 2 is 1.68 bits per heavy atom. The smallest absolute Gasteiger partial charge is 0.141 e. The molecule has 2 aromatic heterocycles. The van der Waals surface area contributed by atoms with E-state index in [1.807, 2.05) is 18.3 Å². The summed E-state index contributed by atoms with van der Waals surface area (Å²) in [6, 6.07) is 26.3. The molecule has 1 nitrogen and oxygen atoms in total. The second-order valence-electron chi connectivity index (χ2n) is 7.04. The van der Waals surface area contributed by atoms with E-state index in [1.54, 1.807) is 6.07 Å². The quantitative estimate of drug-likeness (QED) is 0.316. The topological polar surface area (TPSA) is 12.9 Å². The van der Waals surface area contributed by atoms with E-state index in [4.69, 9.17) is 0 Å². The summed E-state index contributed by atoms with van der Waals surface area (Å²) in [6.07, 6.45) is 1.87. The van der Waals surface area contributed by atoms with Crippen molar-refractivity contribution in [3.05, 3.63) is 102 Å². The van der Waals surface area contributed by atoms with E-state index in [2.05, 4.69) is 66.5 Å². The van der Waals surface area contributed by atoms with Gasteiger partial charge >= 0.3 is 0 Å². The van der Waals surface area contributed by atoms with Crippen molar-refractivity contribution in [3.63, 3.8) is 0 Å². The Morgan fingerprint density at radius 1 is 0.821 bits per heavy atom. The lowest BCUT2D eigenvalue weighted by Crippen LogP contribution is -1.97. The van der Waals surface area contributed by atoms with E-state index in [0.29, 0.717) is 10.6 Å². The van der Waals surface area contributed by atoms with Gasteiger partial charge in [-0.2, -0.15) is 0 Å². The lowest BCUT2D eigenvalue weighted by atomic mass is 9.93. The van der Waals surface area contributed by atoms with Crippen molar-refractivity contribution in [1.82, 2.24) is 4.98 Å². The molecule has 1 unspecified atom stereocenters. The van der Waals surface area contributed by atoms with Crippen LogP contribution in [-0.4, -0.2) is 4.98 Å². The molecule has 2 heterocycles. The van der Waals surface area contributed by atoms with Crippen molar-refractivity contribution in [3.8, 4) is 11.3 Å². The number of benzene rings is 3. The van der Waals surface area contributed by atoms with Gasteiger partial charge in [0.25, 0.3) is 0 Å². The molecule has 0 N–H and O–H groups in total. The SMILES string of the molecule is CC(c1ccccc1)c1ccnc(-c2ccc3sc4c(F)cccc4c3c2)c1. The highest BCUT2D eigenvalue weighted by Gasteiger charge is 2.12. The monoisotopic (exact) mass is 383 g/mol. The zero-order chi connectivity index (χ0) is 19.1. The van der Waals surface area contributed by atoms with Crippen LogP contribution in [0, 0.1) is 5.82 Å². The first-order valence-electron chi connectivity index (χ1n) is 9.33. The highest BCUT2D eigenvalue weighted by Crippen LogP contribution is 2.37. The van der Waals surface area contributed by atoms with Gasteiger partial charge in [0, 0.05) is 33.2 Å². The van der Waals surface area contributed by atoms with Gasteiger partial charge in [-0.1, -0.05) is 55.5 Å². The molecule has 5 rings (SSSR count). The van der Waals surface area contributed by atoms with Gasteiger partial charge in [-0.3, -0.25) is 4.98 Å². The van der Waals surface area contributed by atoms with Crippen LogP contribution in [0.15, 0.2) is 85.1 Å². The molecular weight excluding hydrogens is 365 g/mol. The van der Waals surface area contributed by atoms with Gasteiger partial charge in [-0.15, -0.1) is 11.3 Å². The molecule has 1 atom stereocenters. The van der Waals surface area contributed by atoms with Crippen molar-refractivity contribution in [2.45, 2.75) is 12.8 Å². The molecule has 28 heavy (non-hydrogen) atoms. The summed E-state index contributed by atoms with van der Waals surface area (Å²) in [7, 11) is 0. The minimum Gasteiger partial charge on any atom is -0.256 e. The van der Waals surface area contributed by atoms with Crippen molar-refractivity contribution in [2.24, 2.45) is 0 Å². The second kappa shape index (κ2) is 6.84. The number of rotatable bonds is 3. The predicted molar refractivity (Wildman–Crippen MR) is 116 cm³/mol. The molecule has 0 aliphatic heterocycles. The molecule has 0 saturated heterocycles. The third-order valence-corrected chi connectivity index (χ3v) is 6.52. The fourth-order valence-corrected chi connectivity index (χ4v) is 4.82. The van der Waals surface area contributed by atoms with Gasteiger partial charge in [0.1, 0.15) is 5.82 Å². The number of fused-ring (bicyclic) bond motifs is 3. The maximum absolute atomic E-state index is 14.1. The molecule has 0 amide bonds. The van der Waals surface area contributed by atoms with Crippen molar-refractivity contribution < 1.29 is 4.39 Å². The van der Waals surface area contributed by atoms with Crippen LogP contribution in [0.1, 0.15) is 24.0 Å². The number of hydrogen-bond donors (Lipinski definition) is 0. The summed E-state index contributed by atoms with van der Waals surface area (Å²) in [6.45, 7) is 2.22. The predicted octanol–water partition coefficient (Wildman–Crippen LogP) is 7.41. The summed E-state index contributed by atoms with van der Waals surface area (Å²) in [5.74, 6) is 0.139. The van der Waals surface area contributed by atoms with Crippen molar-refractivity contribution >= 4 is 31.5 Å². The molecule has 5 aromatic rings. The fraction of sp³-hybridized carbons (Fsp3) is 0.0800. The zero-order valence-electron chi connectivity index (χ0n) is 15.4. The molecule has 0 aliphatic carbocycles. The minimum atomic E-state index is -0.156. The van der Waals surface area contributed by atoms with Gasteiger partial charge in [-0.25, -0.2) is 4.39 Å². The molecule has 136 valence electrons. The third kappa shape index (κ3) is 2.88. The lowest BCUT2D eigenvalue weighted by molar-refractivity contribution is 0.642. The number of halogens is 1. The molecule has 3 aromatic carbocycles. The molecule has 0 radical (unpaired) electrons. The molecule has 0 spiro atoms. The number of hydrogen-bond acceptors (Lipinski definition) is 2. The van der Waals surface area contributed by atoms with Crippen LogP contribution < -0.4 is 0 Å². The molecule has 0 saturated carbocycles. The minimum absolute atomic E-state index is 0.156. The Hall–Kier alpha value is -3.04. The summed E-state index contributed by atoms with van der Waals surface area (Å²) in [4.78, 5) is 4.60. The van der Waals surface area contributed by atoms with Gasteiger partial charge in [-0.05, 0) is 41.5 Å². The lowest BCUT2D eigenvalue weighted by Gasteiger charge is -2.13. The summed E-state index contributed by atoms with van der Waals surface area (Å²) < 4.78 is 16.0. The average molecular weight is 383 g/mol. The number of pyridine rings is 1. The third-order valence-electron chi connectivity index (χ3n) is 5.33. The average Bonchev–Trinajstić information content (AvgIpc) is 3.13. The largest absolute Gasteiger partial charge is 0.256 e. The first-order valence-corrected chi connectivity index (χ1v) is 10.1. The van der Waals surface area contributed by atoms with Crippen LogP contribution in [0.2, 0.25) is 0 Å². The molecule has 0 fully saturated rings. The van der Waals surface area contributed by atoms with Crippen LogP contribution in [0.25, 0.3) is 31.4 Å². The maximum atomic E-state index is 14.1. The van der Waals surface area contributed by atoms with E-state index in [9.17, 15) is 4.39 Å². The van der Waals surface area contributed by atoms with Crippen LogP contribution in [0.4, 0.5) is 4.39 Å². The summed E-state index contributed by atoms with van der Waals surface area (Å²) >= 11 is 1.50. The van der Waals surface area contributed by atoms with Gasteiger partial charge in [0.15, 0.2) is 0 Å². The van der Waals surface area contributed by atoms with Crippen molar-refractivity contribution in [2.75, 3.05) is 0 Å². The Balaban J connectivity index is 1.60. The number of nitrogens with zero attached hydrogens (tertiary/aromatic N) is 1. The normalized spacial score (nSPS) is 12.5. The summed E-state index contributed by atoms with van der Waals surface area (Å²) in [5, 5.41) is 2.05. The highest BCUT2D eigenvalue weighted by molar-refractivity contribution is 7.25. The Kier molecular flexibility index (Phi) is 4.18. The zero-order valence-corrected chi connectivity index (χ0v) is 16.2. The molecule has 0 aliphatic rings. The van der Waals surface area contributed by atoms with E-state index in [1.165, 1.54) is 28.5 Å². The van der Waals surface area contributed by atoms with Crippen molar-refractivity contribution in [1.29, 1.82) is 0 Å². The Labute approximate surface area is 167 Å². The Morgan fingerprint density at radius 3 is 2.54 bits per heavy atom. The summed E-state index contributed by atoms with van der Waals surface area (Å²) in [5.41, 5.74) is 4.52. The van der Waals surface area contributed by atoms with Crippen LogP contribution in [0.5, 0.6) is 0 Å². The first kappa shape index (κ1) is 17.1. The number of thiophene rings is 1. The van der Waals surface area contributed by atoms with Crippen LogP contribution in [-0.2, 0) is 0 Å². The van der Waals surface area contributed by atoms with E-state index < -0.39 is 0 Å². The van der Waals surface area contributed by atoms with Gasteiger partial charge in [0.05, 0.1) is 10.4 Å². The van der Waals surface area contributed by atoms with Crippen LogP contribution >= 0.6 is 11.3 Å².